The van der Waals surface area contributed by atoms with Crippen LogP contribution in [0.4, 0.5) is 18.9 Å². The van der Waals surface area contributed by atoms with Gasteiger partial charge in [0.1, 0.15) is 0 Å². The minimum absolute atomic E-state index is 0.0664. The normalized spacial score (nSPS) is 20.7. The number of halogens is 4. The highest BCUT2D eigenvalue weighted by molar-refractivity contribution is 6.17. The quantitative estimate of drug-likeness (QED) is 0.772. The maximum absolute atomic E-state index is 13.0. The maximum atomic E-state index is 13.0. The standard InChI is InChI=1S/C13H15ClF3NO/c1-9-8-19-5-4-18(9)11-3-2-10(7-14)12(6-11)13(15,16)17/h2-3,6,9H,4-5,7-8H2,1H3. The Morgan fingerprint density at radius 3 is 2.74 bits per heavy atom. The molecule has 1 saturated heterocycles. The van der Waals surface area contributed by atoms with Gasteiger partial charge < -0.3 is 9.64 Å². The Balaban J connectivity index is 2.37. The second kappa shape index (κ2) is 5.59. The molecule has 2 nitrogen and oxygen atoms in total. The first-order valence-corrected chi connectivity index (χ1v) is 6.57. The number of anilines is 1. The molecular formula is C13H15ClF3NO. The van der Waals surface area contributed by atoms with Gasteiger partial charge in [0, 0.05) is 24.2 Å². The van der Waals surface area contributed by atoms with Gasteiger partial charge in [-0.3, -0.25) is 0 Å². The molecule has 0 aromatic heterocycles. The lowest BCUT2D eigenvalue weighted by Gasteiger charge is -2.35. The largest absolute Gasteiger partial charge is 0.416 e. The van der Waals surface area contributed by atoms with Crippen LogP contribution < -0.4 is 4.90 Å². The molecule has 1 atom stereocenters. The van der Waals surface area contributed by atoms with Crippen molar-refractivity contribution in [3.8, 4) is 0 Å². The third-order valence-electron chi connectivity index (χ3n) is 3.24. The van der Waals surface area contributed by atoms with Gasteiger partial charge in [0.05, 0.1) is 18.8 Å². The van der Waals surface area contributed by atoms with Crippen molar-refractivity contribution in [3.05, 3.63) is 29.3 Å². The van der Waals surface area contributed by atoms with Crippen molar-refractivity contribution >= 4 is 17.3 Å². The van der Waals surface area contributed by atoms with Gasteiger partial charge in [-0.05, 0) is 24.6 Å². The second-order valence-electron chi connectivity index (χ2n) is 4.59. The Morgan fingerprint density at radius 2 is 2.16 bits per heavy atom. The van der Waals surface area contributed by atoms with Crippen molar-refractivity contribution in [2.75, 3.05) is 24.7 Å². The number of ether oxygens (including phenoxy) is 1. The van der Waals surface area contributed by atoms with Crippen LogP contribution >= 0.6 is 11.6 Å². The van der Waals surface area contributed by atoms with Crippen LogP contribution in [0.15, 0.2) is 18.2 Å². The molecule has 19 heavy (non-hydrogen) atoms. The Labute approximate surface area is 115 Å². The molecule has 1 aliphatic rings. The predicted octanol–water partition coefficient (Wildman–Crippen LogP) is 3.67. The van der Waals surface area contributed by atoms with Crippen molar-refractivity contribution in [2.24, 2.45) is 0 Å². The number of alkyl halides is 4. The fourth-order valence-corrected chi connectivity index (χ4v) is 2.47. The summed E-state index contributed by atoms with van der Waals surface area (Å²) in [4.78, 5) is 1.93. The fourth-order valence-electron chi connectivity index (χ4n) is 2.23. The van der Waals surface area contributed by atoms with Crippen LogP contribution in [0.1, 0.15) is 18.1 Å². The molecule has 0 bridgehead atoms. The molecule has 0 spiro atoms. The molecule has 106 valence electrons. The molecule has 1 fully saturated rings. The number of nitrogens with zero attached hydrogens (tertiary/aromatic N) is 1. The van der Waals surface area contributed by atoms with E-state index in [1.165, 1.54) is 12.1 Å². The Morgan fingerprint density at radius 1 is 1.42 bits per heavy atom. The fraction of sp³-hybridized carbons (Fsp3) is 0.538. The monoisotopic (exact) mass is 293 g/mol. The van der Waals surface area contributed by atoms with E-state index in [9.17, 15) is 13.2 Å². The number of hydrogen-bond donors (Lipinski definition) is 0. The van der Waals surface area contributed by atoms with E-state index in [1.807, 2.05) is 11.8 Å². The topological polar surface area (TPSA) is 12.5 Å². The molecule has 0 radical (unpaired) electrons. The Hall–Kier alpha value is -0.940. The van der Waals surface area contributed by atoms with Crippen LogP contribution in [0.3, 0.4) is 0 Å². The van der Waals surface area contributed by atoms with Crippen LogP contribution in [0, 0.1) is 0 Å². The van der Waals surface area contributed by atoms with Gasteiger partial charge in [0.15, 0.2) is 0 Å². The zero-order valence-electron chi connectivity index (χ0n) is 10.5. The molecule has 6 heteroatoms. The third kappa shape index (κ3) is 3.15. The average Bonchev–Trinajstić information content (AvgIpc) is 2.37. The van der Waals surface area contributed by atoms with Gasteiger partial charge in [-0.25, -0.2) is 0 Å². The smallest absolute Gasteiger partial charge is 0.377 e. The van der Waals surface area contributed by atoms with E-state index in [-0.39, 0.29) is 17.5 Å². The minimum Gasteiger partial charge on any atom is -0.377 e. The van der Waals surface area contributed by atoms with E-state index in [2.05, 4.69) is 0 Å². The number of benzene rings is 1. The van der Waals surface area contributed by atoms with Crippen molar-refractivity contribution in [1.82, 2.24) is 0 Å². The van der Waals surface area contributed by atoms with E-state index in [0.717, 1.165) is 0 Å². The third-order valence-corrected chi connectivity index (χ3v) is 3.53. The Bertz CT molecular complexity index is 450. The highest BCUT2D eigenvalue weighted by Gasteiger charge is 2.34. The molecule has 1 aromatic carbocycles. The molecule has 1 aliphatic heterocycles. The van der Waals surface area contributed by atoms with E-state index >= 15 is 0 Å². The van der Waals surface area contributed by atoms with Gasteiger partial charge >= 0.3 is 6.18 Å². The molecule has 1 aromatic rings. The summed E-state index contributed by atoms with van der Waals surface area (Å²) in [6.07, 6.45) is -4.38. The molecule has 0 N–H and O–H groups in total. The summed E-state index contributed by atoms with van der Waals surface area (Å²) in [5.41, 5.74) is 0.0227. The summed E-state index contributed by atoms with van der Waals surface area (Å²) in [7, 11) is 0. The lowest BCUT2D eigenvalue weighted by Crippen LogP contribution is -2.43. The first kappa shape index (κ1) is 14.5. The maximum Gasteiger partial charge on any atom is 0.416 e. The van der Waals surface area contributed by atoms with Crippen LogP contribution in [0.5, 0.6) is 0 Å². The summed E-state index contributed by atoms with van der Waals surface area (Å²) >= 11 is 5.57. The second-order valence-corrected chi connectivity index (χ2v) is 4.86. The lowest BCUT2D eigenvalue weighted by molar-refractivity contribution is -0.138. The van der Waals surface area contributed by atoms with Gasteiger partial charge in [0.2, 0.25) is 0 Å². The molecule has 1 heterocycles. The van der Waals surface area contributed by atoms with Crippen LogP contribution in [-0.2, 0) is 16.8 Å². The molecule has 2 rings (SSSR count). The van der Waals surface area contributed by atoms with Crippen LogP contribution in [0.2, 0.25) is 0 Å². The van der Waals surface area contributed by atoms with Crippen LogP contribution in [-0.4, -0.2) is 25.8 Å². The van der Waals surface area contributed by atoms with Crippen molar-refractivity contribution in [1.29, 1.82) is 0 Å². The van der Waals surface area contributed by atoms with Crippen LogP contribution in [0.25, 0.3) is 0 Å². The SMILES string of the molecule is CC1COCCN1c1ccc(CCl)c(C(F)(F)F)c1. The molecule has 0 amide bonds. The summed E-state index contributed by atoms with van der Waals surface area (Å²) in [6, 6.07) is 4.39. The van der Waals surface area contributed by atoms with E-state index < -0.39 is 11.7 Å². The highest BCUT2D eigenvalue weighted by atomic mass is 35.5. The summed E-state index contributed by atoms with van der Waals surface area (Å²) in [5.74, 6) is -0.145. The first-order chi connectivity index (χ1) is 8.93. The first-order valence-electron chi connectivity index (χ1n) is 6.04. The highest BCUT2D eigenvalue weighted by Crippen LogP contribution is 2.35. The number of rotatable bonds is 2. The van der Waals surface area contributed by atoms with Gasteiger partial charge in [-0.15, -0.1) is 11.6 Å². The molecule has 0 saturated carbocycles. The molecular weight excluding hydrogens is 279 g/mol. The van der Waals surface area contributed by atoms with E-state index in [1.54, 1.807) is 6.07 Å². The zero-order valence-corrected chi connectivity index (χ0v) is 11.3. The number of morpholine rings is 1. The van der Waals surface area contributed by atoms with Gasteiger partial charge in [-0.1, -0.05) is 6.07 Å². The Kier molecular flexibility index (Phi) is 4.26. The van der Waals surface area contributed by atoms with Gasteiger partial charge in [-0.2, -0.15) is 13.2 Å². The van der Waals surface area contributed by atoms with E-state index in [0.29, 0.717) is 25.4 Å². The van der Waals surface area contributed by atoms with Crippen molar-refractivity contribution < 1.29 is 17.9 Å². The van der Waals surface area contributed by atoms with Crippen molar-refractivity contribution in [2.45, 2.75) is 25.0 Å². The summed E-state index contributed by atoms with van der Waals surface area (Å²) < 4.78 is 44.2. The lowest BCUT2D eigenvalue weighted by atomic mass is 10.1. The van der Waals surface area contributed by atoms with Crippen molar-refractivity contribution in [3.63, 3.8) is 0 Å². The minimum atomic E-state index is -4.38. The average molecular weight is 294 g/mol. The molecule has 0 aliphatic carbocycles. The molecule has 1 unspecified atom stereocenters. The predicted molar refractivity (Wildman–Crippen MR) is 68.6 cm³/mol. The van der Waals surface area contributed by atoms with Gasteiger partial charge in [0.25, 0.3) is 0 Å². The summed E-state index contributed by atoms with van der Waals surface area (Å²) in [5, 5.41) is 0. The number of hydrogen-bond acceptors (Lipinski definition) is 2. The zero-order chi connectivity index (χ0) is 14.0. The van der Waals surface area contributed by atoms with E-state index in [4.69, 9.17) is 16.3 Å². The summed E-state index contributed by atoms with van der Waals surface area (Å²) in [6.45, 7) is 3.59.